The third-order valence-electron chi connectivity index (χ3n) is 4.93. The van der Waals surface area contributed by atoms with Crippen molar-refractivity contribution in [2.24, 2.45) is 5.92 Å². The summed E-state index contributed by atoms with van der Waals surface area (Å²) in [5.41, 5.74) is 0.982. The molecule has 0 aromatic heterocycles. The topological polar surface area (TPSA) is 61.4 Å². The Balaban J connectivity index is 1.53. The lowest BCUT2D eigenvalue weighted by atomic mass is 9.85. The lowest BCUT2D eigenvalue weighted by Crippen LogP contribution is -2.42. The molecule has 1 saturated carbocycles. The van der Waals surface area contributed by atoms with Crippen LogP contribution >= 0.6 is 0 Å². The third-order valence-corrected chi connectivity index (χ3v) is 4.93. The number of aliphatic hydroxyl groups is 1. The van der Waals surface area contributed by atoms with E-state index in [1.54, 1.807) is 12.1 Å². The number of halogens is 1. The minimum Gasteiger partial charge on any atom is -0.392 e. The van der Waals surface area contributed by atoms with Gasteiger partial charge in [0.15, 0.2) is 0 Å². The van der Waals surface area contributed by atoms with Gasteiger partial charge >= 0.3 is 0 Å². The molecule has 3 rings (SSSR count). The lowest BCUT2D eigenvalue weighted by molar-refractivity contribution is -0.123. The van der Waals surface area contributed by atoms with Gasteiger partial charge in [-0.05, 0) is 36.8 Å². The molecule has 2 fully saturated rings. The molecule has 1 amide bonds. The van der Waals surface area contributed by atoms with Crippen molar-refractivity contribution in [1.29, 1.82) is 0 Å². The first kappa shape index (κ1) is 15.4. The van der Waals surface area contributed by atoms with Crippen LogP contribution < -0.4 is 10.6 Å². The van der Waals surface area contributed by atoms with Crippen molar-refractivity contribution in [3.8, 4) is 0 Å². The second kappa shape index (κ2) is 6.75. The number of benzene rings is 1. The average Bonchev–Trinajstić information content (AvgIpc) is 2.97. The first-order chi connectivity index (χ1) is 10.7. The van der Waals surface area contributed by atoms with Gasteiger partial charge in [0.25, 0.3) is 0 Å². The molecule has 1 aliphatic heterocycles. The van der Waals surface area contributed by atoms with Crippen LogP contribution in [0.4, 0.5) is 4.39 Å². The summed E-state index contributed by atoms with van der Waals surface area (Å²) in [6, 6.07) is 5.03. The summed E-state index contributed by atoms with van der Waals surface area (Å²) in [5.74, 6) is 0.200. The Labute approximate surface area is 130 Å². The molecule has 4 nitrogen and oxygen atoms in total. The third kappa shape index (κ3) is 3.31. The predicted octanol–water partition coefficient (Wildman–Crippen LogP) is 1.85. The molecule has 3 unspecified atom stereocenters. The zero-order valence-electron chi connectivity index (χ0n) is 12.6. The Bertz CT molecular complexity index is 535. The van der Waals surface area contributed by atoms with Crippen LogP contribution in [0.25, 0.3) is 0 Å². The zero-order valence-corrected chi connectivity index (χ0v) is 12.6. The monoisotopic (exact) mass is 306 g/mol. The minimum atomic E-state index is -0.431. The van der Waals surface area contributed by atoms with Gasteiger partial charge in [0.2, 0.25) is 5.91 Å². The van der Waals surface area contributed by atoms with Gasteiger partial charge in [0.05, 0.1) is 12.6 Å². The largest absolute Gasteiger partial charge is 0.392 e. The van der Waals surface area contributed by atoms with E-state index < -0.39 is 5.82 Å². The summed E-state index contributed by atoms with van der Waals surface area (Å²) >= 11 is 0. The van der Waals surface area contributed by atoms with E-state index in [-0.39, 0.29) is 24.1 Å². The number of nitrogens with one attached hydrogen (secondary N) is 2. The van der Waals surface area contributed by atoms with Crippen LogP contribution in [-0.4, -0.2) is 23.1 Å². The van der Waals surface area contributed by atoms with E-state index in [0.717, 1.165) is 6.42 Å². The van der Waals surface area contributed by atoms with Crippen molar-refractivity contribution in [2.45, 2.75) is 57.3 Å². The molecular weight excluding hydrogens is 283 g/mol. The van der Waals surface area contributed by atoms with Crippen LogP contribution in [0.3, 0.4) is 0 Å². The van der Waals surface area contributed by atoms with Gasteiger partial charge in [0, 0.05) is 18.2 Å². The molecule has 120 valence electrons. The fourth-order valence-corrected chi connectivity index (χ4v) is 3.66. The molecule has 1 aromatic rings. The number of carbonyl (C=O) groups excluding carboxylic acids is 1. The Hall–Kier alpha value is -1.46. The van der Waals surface area contributed by atoms with Crippen molar-refractivity contribution >= 4 is 5.91 Å². The van der Waals surface area contributed by atoms with Crippen molar-refractivity contribution in [3.05, 3.63) is 35.1 Å². The van der Waals surface area contributed by atoms with Crippen molar-refractivity contribution < 1.29 is 14.3 Å². The second-order valence-electron chi connectivity index (χ2n) is 6.41. The molecule has 2 aliphatic rings. The number of hydrogen-bond donors (Lipinski definition) is 3. The molecule has 1 saturated heterocycles. The standard InChI is InChI=1S/C17H23FN2O2/c18-14-7-11(5-6-13(14)10-21)9-19-17(22)16-8-12-3-1-2-4-15(12)20-16/h5-7,12,15-16,20-21H,1-4,8-10H2,(H,19,22). The number of carbonyl (C=O) groups is 1. The van der Waals surface area contributed by atoms with Crippen LogP contribution in [0.5, 0.6) is 0 Å². The van der Waals surface area contributed by atoms with Crippen LogP contribution in [0.15, 0.2) is 18.2 Å². The Morgan fingerprint density at radius 1 is 1.36 bits per heavy atom. The molecule has 3 N–H and O–H groups in total. The van der Waals surface area contributed by atoms with E-state index >= 15 is 0 Å². The number of rotatable bonds is 4. The SMILES string of the molecule is O=C(NCc1ccc(CO)c(F)c1)C1CC2CCCCC2N1. The average molecular weight is 306 g/mol. The first-order valence-corrected chi connectivity index (χ1v) is 8.09. The van der Waals surface area contributed by atoms with E-state index in [4.69, 9.17) is 5.11 Å². The maximum absolute atomic E-state index is 13.6. The summed E-state index contributed by atoms with van der Waals surface area (Å²) < 4.78 is 13.6. The highest BCUT2D eigenvalue weighted by atomic mass is 19.1. The van der Waals surface area contributed by atoms with E-state index in [2.05, 4.69) is 10.6 Å². The maximum Gasteiger partial charge on any atom is 0.237 e. The van der Waals surface area contributed by atoms with Gasteiger partial charge in [-0.25, -0.2) is 4.39 Å². The van der Waals surface area contributed by atoms with E-state index in [0.29, 0.717) is 24.1 Å². The molecule has 5 heteroatoms. The van der Waals surface area contributed by atoms with E-state index in [1.807, 2.05) is 0 Å². The summed E-state index contributed by atoms with van der Waals surface area (Å²) in [7, 11) is 0. The number of aliphatic hydroxyl groups excluding tert-OH is 1. The molecule has 1 aliphatic carbocycles. The summed E-state index contributed by atoms with van der Waals surface area (Å²) in [4.78, 5) is 12.3. The summed E-state index contributed by atoms with van der Waals surface area (Å²) in [6.07, 6.45) is 5.82. The van der Waals surface area contributed by atoms with Crippen molar-refractivity contribution in [2.75, 3.05) is 0 Å². The fourth-order valence-electron chi connectivity index (χ4n) is 3.66. The van der Waals surface area contributed by atoms with Crippen LogP contribution in [-0.2, 0) is 17.9 Å². The van der Waals surface area contributed by atoms with Gasteiger partial charge in [-0.2, -0.15) is 0 Å². The Morgan fingerprint density at radius 3 is 2.91 bits per heavy atom. The highest BCUT2D eigenvalue weighted by molar-refractivity contribution is 5.82. The van der Waals surface area contributed by atoms with E-state index in [1.165, 1.54) is 31.7 Å². The molecule has 22 heavy (non-hydrogen) atoms. The zero-order chi connectivity index (χ0) is 15.5. The number of fused-ring (bicyclic) bond motifs is 1. The Kier molecular flexibility index (Phi) is 4.74. The highest BCUT2D eigenvalue weighted by Crippen LogP contribution is 2.33. The number of hydrogen-bond acceptors (Lipinski definition) is 3. The van der Waals surface area contributed by atoms with Gasteiger partial charge in [-0.3, -0.25) is 4.79 Å². The Morgan fingerprint density at radius 2 is 2.18 bits per heavy atom. The smallest absolute Gasteiger partial charge is 0.237 e. The van der Waals surface area contributed by atoms with Crippen LogP contribution in [0.2, 0.25) is 0 Å². The molecule has 1 heterocycles. The van der Waals surface area contributed by atoms with Gasteiger partial charge in [0.1, 0.15) is 5.82 Å². The normalized spacial score (nSPS) is 27.5. The molecule has 0 radical (unpaired) electrons. The predicted molar refractivity (Wildman–Crippen MR) is 81.5 cm³/mol. The molecule has 0 bridgehead atoms. The maximum atomic E-state index is 13.6. The van der Waals surface area contributed by atoms with Gasteiger partial charge in [-0.1, -0.05) is 25.0 Å². The quantitative estimate of drug-likeness (QED) is 0.795. The van der Waals surface area contributed by atoms with Crippen molar-refractivity contribution in [3.63, 3.8) is 0 Å². The van der Waals surface area contributed by atoms with Crippen LogP contribution in [0, 0.1) is 11.7 Å². The second-order valence-corrected chi connectivity index (χ2v) is 6.41. The molecule has 3 atom stereocenters. The van der Waals surface area contributed by atoms with Crippen molar-refractivity contribution in [1.82, 2.24) is 10.6 Å². The van der Waals surface area contributed by atoms with Gasteiger partial charge in [-0.15, -0.1) is 0 Å². The highest BCUT2D eigenvalue weighted by Gasteiger charge is 2.37. The fraction of sp³-hybridized carbons (Fsp3) is 0.588. The molecule has 1 aromatic carbocycles. The minimum absolute atomic E-state index is 0.000966. The first-order valence-electron chi connectivity index (χ1n) is 8.09. The molecular formula is C17H23FN2O2. The number of amides is 1. The lowest BCUT2D eigenvalue weighted by Gasteiger charge is -2.24. The summed E-state index contributed by atoms with van der Waals surface area (Å²) in [6.45, 7) is 0.00220. The van der Waals surface area contributed by atoms with Gasteiger partial charge < -0.3 is 15.7 Å². The van der Waals surface area contributed by atoms with Crippen LogP contribution in [0.1, 0.15) is 43.2 Å². The molecule has 0 spiro atoms. The van der Waals surface area contributed by atoms with E-state index in [9.17, 15) is 9.18 Å². The summed E-state index contributed by atoms with van der Waals surface area (Å²) in [5, 5.41) is 15.3.